The number of nitrogens with zero attached hydrogens (tertiary/aromatic N) is 2. The third-order valence-electron chi connectivity index (χ3n) is 16.8. The Kier molecular flexibility index (Phi) is 7.81. The minimum atomic E-state index is -1.10. The van der Waals surface area contributed by atoms with Gasteiger partial charge >= 0.3 is 11.9 Å². The molecular weight excluding hydrogens is 687 g/mol. The third-order valence-corrected chi connectivity index (χ3v) is 16.8. The number of aliphatic hydroxyl groups is 1. The van der Waals surface area contributed by atoms with Crippen molar-refractivity contribution in [2.24, 2.45) is 52.1 Å². The first kappa shape index (κ1) is 34.9. The van der Waals surface area contributed by atoms with Gasteiger partial charge in [-0.15, -0.1) is 0 Å². The minimum Gasteiger partial charge on any atom is -0.509 e. The zero-order chi connectivity index (χ0) is 37.4. The van der Waals surface area contributed by atoms with E-state index in [1.54, 1.807) is 0 Å². The van der Waals surface area contributed by atoms with E-state index in [9.17, 15) is 9.90 Å². The van der Waals surface area contributed by atoms with Gasteiger partial charge in [-0.25, -0.2) is 4.79 Å². The molecule has 11 unspecified atom stereocenters. The van der Waals surface area contributed by atoms with Crippen LogP contribution in [-0.4, -0.2) is 65.1 Å². The SMILES string of the molecule is CCCC1C23C=C4CCC2(C(=C(O)CC(C2CCCC2)N2CC5CC(C2)C2C=CC6=C(C4CC(C)C6)N2C5)OC3=O)C12OC(=O)c1c(CCCN)cccc12. The lowest BCUT2D eigenvalue weighted by Gasteiger charge is -2.69. The smallest absolute Gasteiger partial charge is 0.339 e. The van der Waals surface area contributed by atoms with Crippen molar-refractivity contribution in [3.8, 4) is 0 Å². The standard InChI is InChI=1S/C47H59N3O5/c1-3-8-39-45-23-32-16-17-46(45,47(39)35-13-6-11-30(12-7-18-48)40(35)43(52)55-47)42(54-44(45)53)38(51)22-37(29-9-4-5-10-29)49-24-28-21-33(26-49)36-15-14-31-19-27(2)20-34(32)41(31)50(36)25-28/h6,11,13-15,23,27-29,33-34,36-37,39,51H,3-5,7-10,12,16-22,24-26,48H2,1-2H3. The van der Waals surface area contributed by atoms with Gasteiger partial charge in [-0.05, 0) is 106 Å². The van der Waals surface area contributed by atoms with Crippen LogP contribution < -0.4 is 5.73 Å². The topological polar surface area (TPSA) is 105 Å². The molecule has 4 aliphatic carbocycles. The molecule has 9 aliphatic heterocycles. The third kappa shape index (κ3) is 4.37. The summed E-state index contributed by atoms with van der Waals surface area (Å²) in [6.07, 6.45) is 20.5. The number of benzene rings is 1. The predicted molar refractivity (Wildman–Crippen MR) is 209 cm³/mol. The van der Waals surface area contributed by atoms with Crippen LogP contribution in [-0.2, 0) is 26.3 Å². The lowest BCUT2D eigenvalue weighted by Crippen LogP contribution is -2.75. The minimum absolute atomic E-state index is 0.172. The molecule has 9 heterocycles. The zero-order valence-corrected chi connectivity index (χ0v) is 32.9. The second kappa shape index (κ2) is 12.3. The van der Waals surface area contributed by atoms with Gasteiger partial charge in [0.2, 0.25) is 0 Å². The van der Waals surface area contributed by atoms with Gasteiger partial charge in [-0.2, -0.15) is 0 Å². The van der Waals surface area contributed by atoms with Crippen molar-refractivity contribution in [3.05, 3.63) is 81.5 Å². The van der Waals surface area contributed by atoms with Crippen molar-refractivity contribution >= 4 is 11.9 Å². The first-order chi connectivity index (χ1) is 26.8. The van der Waals surface area contributed by atoms with Crippen LogP contribution in [0.3, 0.4) is 0 Å². The predicted octanol–water partition coefficient (Wildman–Crippen LogP) is 7.85. The number of hydrogen-bond acceptors (Lipinski definition) is 8. The normalized spacial score (nSPS) is 42.3. The number of ether oxygens (including phenoxy) is 2. The van der Waals surface area contributed by atoms with Gasteiger partial charge in [0.15, 0.2) is 11.4 Å². The largest absolute Gasteiger partial charge is 0.509 e. The number of esters is 2. The lowest BCUT2D eigenvalue weighted by atomic mass is 9.31. The van der Waals surface area contributed by atoms with E-state index in [0.29, 0.717) is 73.3 Å². The average Bonchev–Trinajstić information content (AvgIpc) is 3.89. The van der Waals surface area contributed by atoms with Crippen LogP contribution in [0.4, 0.5) is 0 Å². The first-order valence-corrected chi connectivity index (χ1v) is 22.1. The van der Waals surface area contributed by atoms with E-state index in [2.05, 4.69) is 54.0 Å². The molecule has 0 amide bonds. The number of nitrogens with two attached hydrogens (primary N) is 1. The van der Waals surface area contributed by atoms with Crippen LogP contribution in [0.15, 0.2) is 64.8 Å². The van der Waals surface area contributed by atoms with Gasteiger partial charge in [0, 0.05) is 55.2 Å². The lowest BCUT2D eigenvalue weighted by molar-refractivity contribution is -0.272. The second-order valence-corrected chi connectivity index (χ2v) is 19.5. The highest BCUT2D eigenvalue weighted by Crippen LogP contribution is 2.85. The summed E-state index contributed by atoms with van der Waals surface area (Å²) in [4.78, 5) is 35.2. The molecule has 14 rings (SSSR count). The molecule has 10 bridgehead atoms. The molecule has 292 valence electrons. The van der Waals surface area contributed by atoms with Gasteiger partial charge in [0.1, 0.15) is 11.2 Å². The van der Waals surface area contributed by atoms with Crippen LogP contribution in [0.5, 0.6) is 0 Å². The zero-order valence-electron chi connectivity index (χ0n) is 32.9. The number of rotatable bonds is 6. The number of aryl methyl sites for hydroxylation is 1. The van der Waals surface area contributed by atoms with Crippen LogP contribution in [0.2, 0.25) is 0 Å². The molecule has 5 fully saturated rings. The van der Waals surface area contributed by atoms with Crippen LogP contribution in [0.1, 0.15) is 119 Å². The molecule has 3 saturated heterocycles. The van der Waals surface area contributed by atoms with Gasteiger partial charge in [0.25, 0.3) is 0 Å². The molecule has 2 spiro atoms. The Bertz CT molecular complexity index is 1970. The quantitative estimate of drug-likeness (QED) is 0.224. The summed E-state index contributed by atoms with van der Waals surface area (Å²) >= 11 is 0. The van der Waals surface area contributed by atoms with Crippen LogP contribution in [0, 0.1) is 46.3 Å². The van der Waals surface area contributed by atoms with Crippen molar-refractivity contribution in [3.63, 3.8) is 0 Å². The summed E-state index contributed by atoms with van der Waals surface area (Å²) in [7, 11) is 0. The van der Waals surface area contributed by atoms with Crippen molar-refractivity contribution in [2.45, 2.75) is 121 Å². The van der Waals surface area contributed by atoms with E-state index in [4.69, 9.17) is 15.2 Å². The fourth-order valence-electron chi connectivity index (χ4n) is 15.1. The van der Waals surface area contributed by atoms with E-state index in [0.717, 1.165) is 62.9 Å². The number of carbonyl (C=O) groups is 2. The average molecular weight is 746 g/mol. The first-order valence-electron chi connectivity index (χ1n) is 22.1. The van der Waals surface area contributed by atoms with Gasteiger partial charge in [0.05, 0.1) is 17.0 Å². The van der Waals surface area contributed by atoms with Crippen LogP contribution >= 0.6 is 0 Å². The Morgan fingerprint density at radius 3 is 2.73 bits per heavy atom. The van der Waals surface area contributed by atoms with E-state index in [1.807, 2.05) is 6.07 Å². The molecule has 1 aromatic carbocycles. The Hall–Kier alpha value is -3.36. The van der Waals surface area contributed by atoms with Gasteiger partial charge < -0.3 is 25.2 Å². The summed E-state index contributed by atoms with van der Waals surface area (Å²) < 4.78 is 13.6. The van der Waals surface area contributed by atoms with Crippen LogP contribution in [0.25, 0.3) is 0 Å². The maximum absolute atomic E-state index is 15.2. The summed E-state index contributed by atoms with van der Waals surface area (Å²) in [5.74, 6) is 2.15. The maximum atomic E-state index is 15.2. The molecule has 8 nitrogen and oxygen atoms in total. The monoisotopic (exact) mass is 745 g/mol. The van der Waals surface area contributed by atoms with Gasteiger partial charge in [-0.3, -0.25) is 9.69 Å². The number of fused-ring (bicyclic) bond motifs is 2. The molecule has 1 aromatic rings. The highest BCUT2D eigenvalue weighted by Gasteiger charge is 2.91. The molecule has 0 aromatic heterocycles. The summed E-state index contributed by atoms with van der Waals surface area (Å²) in [5.41, 5.74) is 9.69. The van der Waals surface area contributed by atoms with Crippen molar-refractivity contribution in [2.75, 3.05) is 26.2 Å². The van der Waals surface area contributed by atoms with Crippen molar-refractivity contribution < 1.29 is 24.2 Å². The Balaban J connectivity index is 1.17. The molecule has 8 heteroatoms. The molecular formula is C47H59N3O5. The molecule has 0 radical (unpaired) electrons. The number of allylic oxidation sites excluding steroid dienone is 3. The van der Waals surface area contributed by atoms with Crippen molar-refractivity contribution in [1.29, 1.82) is 0 Å². The fraction of sp³-hybridized carbons (Fsp3) is 0.660. The van der Waals surface area contributed by atoms with E-state index in [-0.39, 0.29) is 35.6 Å². The summed E-state index contributed by atoms with van der Waals surface area (Å²) in [5, 5.41) is 12.9. The maximum Gasteiger partial charge on any atom is 0.339 e. The van der Waals surface area contributed by atoms with Crippen molar-refractivity contribution in [1.82, 2.24) is 9.80 Å². The fourth-order valence-corrected chi connectivity index (χ4v) is 15.1. The molecule has 11 atom stereocenters. The summed E-state index contributed by atoms with van der Waals surface area (Å²) in [6, 6.07) is 6.74. The number of aliphatic hydroxyl groups excluding tert-OH is 1. The molecule has 55 heavy (non-hydrogen) atoms. The van der Waals surface area contributed by atoms with E-state index in [1.165, 1.54) is 48.9 Å². The molecule has 13 aliphatic rings. The Morgan fingerprint density at radius 2 is 1.91 bits per heavy atom. The number of carbonyl (C=O) groups excluding carboxylic acids is 2. The summed E-state index contributed by atoms with van der Waals surface area (Å²) in [6.45, 7) is 8.28. The van der Waals surface area contributed by atoms with Gasteiger partial charge in [-0.1, -0.05) is 75.1 Å². The van der Waals surface area contributed by atoms with E-state index < -0.39 is 16.4 Å². The second-order valence-electron chi connectivity index (χ2n) is 19.5. The Labute approximate surface area is 326 Å². The highest BCUT2D eigenvalue weighted by molar-refractivity contribution is 5.99. The highest BCUT2D eigenvalue weighted by atomic mass is 16.6. The Morgan fingerprint density at radius 1 is 1.05 bits per heavy atom. The number of piperidine rings is 2. The number of hydrogen-bond donors (Lipinski definition) is 2. The van der Waals surface area contributed by atoms with E-state index >= 15 is 4.79 Å². The molecule has 2 saturated carbocycles. The molecule has 3 N–H and O–H groups in total.